The number of anilines is 3. The topological polar surface area (TPSA) is 103 Å². The molecular weight excluding hydrogens is 358 g/mol. The van der Waals surface area contributed by atoms with E-state index in [1.807, 2.05) is 42.2 Å². The molecule has 2 amide bonds. The minimum Gasteiger partial charge on any atom is -0.352 e. The van der Waals surface area contributed by atoms with Crippen molar-refractivity contribution in [2.45, 2.75) is 25.8 Å². The Kier molecular flexibility index (Phi) is 5.05. The number of carbonyl (C=O) groups excluding carboxylic acids is 2. The summed E-state index contributed by atoms with van der Waals surface area (Å²) >= 11 is 0. The van der Waals surface area contributed by atoms with Crippen LogP contribution in [0.5, 0.6) is 0 Å². The van der Waals surface area contributed by atoms with Crippen molar-refractivity contribution in [2.24, 2.45) is 0 Å². The molecule has 2 N–H and O–H groups in total. The van der Waals surface area contributed by atoms with Crippen LogP contribution < -0.4 is 15.5 Å². The number of aryl methyl sites for hydroxylation is 1. The zero-order valence-electron chi connectivity index (χ0n) is 15.8. The lowest BCUT2D eigenvalue weighted by molar-refractivity contribution is -0.134. The van der Waals surface area contributed by atoms with E-state index >= 15 is 0 Å². The number of carbonyl (C=O) groups is 2. The molecule has 4 heterocycles. The van der Waals surface area contributed by atoms with Crippen LogP contribution in [0.4, 0.5) is 17.5 Å². The van der Waals surface area contributed by atoms with Crippen molar-refractivity contribution in [2.75, 3.05) is 36.4 Å². The van der Waals surface area contributed by atoms with Gasteiger partial charge in [0.25, 0.3) is 0 Å². The molecule has 0 spiro atoms. The normalized spacial score (nSPS) is 19.5. The third-order valence-corrected chi connectivity index (χ3v) is 5.00. The highest BCUT2D eigenvalue weighted by atomic mass is 16.2. The van der Waals surface area contributed by atoms with Crippen LogP contribution in [0.1, 0.15) is 18.5 Å². The van der Waals surface area contributed by atoms with Crippen molar-refractivity contribution in [3.8, 4) is 0 Å². The predicted molar refractivity (Wildman–Crippen MR) is 104 cm³/mol. The van der Waals surface area contributed by atoms with Crippen LogP contribution in [0.2, 0.25) is 0 Å². The summed E-state index contributed by atoms with van der Waals surface area (Å²) in [6.07, 6.45) is 1.03. The summed E-state index contributed by atoms with van der Waals surface area (Å²) in [5.41, 5.74) is 0.930. The summed E-state index contributed by atoms with van der Waals surface area (Å²) in [5, 5.41) is 14.4. The maximum atomic E-state index is 12.5. The minimum absolute atomic E-state index is 0.0155. The molecule has 2 aliphatic rings. The number of pyridine rings is 1. The maximum absolute atomic E-state index is 12.5. The van der Waals surface area contributed by atoms with Gasteiger partial charge in [-0.2, -0.15) is 0 Å². The lowest BCUT2D eigenvalue weighted by Crippen LogP contribution is -2.53. The molecule has 9 nitrogen and oxygen atoms in total. The predicted octanol–water partition coefficient (Wildman–Crippen LogP) is 0.851. The molecule has 0 aromatic carbocycles. The number of hydrogen-bond donors (Lipinski definition) is 2. The summed E-state index contributed by atoms with van der Waals surface area (Å²) in [5.74, 6) is 2.12. The second-order valence-corrected chi connectivity index (χ2v) is 7.04. The first-order valence-corrected chi connectivity index (χ1v) is 9.46. The first-order chi connectivity index (χ1) is 13.6. The van der Waals surface area contributed by atoms with Gasteiger partial charge in [0.15, 0.2) is 11.6 Å². The zero-order chi connectivity index (χ0) is 19.5. The Bertz CT molecular complexity index is 863. The van der Waals surface area contributed by atoms with Crippen LogP contribution in [0.3, 0.4) is 0 Å². The molecule has 4 rings (SSSR count). The van der Waals surface area contributed by atoms with Gasteiger partial charge in [0.2, 0.25) is 11.8 Å². The number of rotatable bonds is 4. The Labute approximate surface area is 163 Å². The summed E-state index contributed by atoms with van der Waals surface area (Å²) in [4.78, 5) is 32.1. The fourth-order valence-corrected chi connectivity index (χ4v) is 3.48. The third kappa shape index (κ3) is 4.03. The Morgan fingerprint density at radius 2 is 1.93 bits per heavy atom. The number of nitrogens with one attached hydrogen (secondary N) is 2. The average molecular weight is 381 g/mol. The minimum atomic E-state index is -0.362. The van der Waals surface area contributed by atoms with Gasteiger partial charge < -0.3 is 20.4 Å². The lowest BCUT2D eigenvalue weighted by Gasteiger charge is -2.36. The van der Waals surface area contributed by atoms with E-state index in [0.717, 1.165) is 17.3 Å². The molecule has 146 valence electrons. The number of aromatic nitrogens is 3. The Morgan fingerprint density at radius 3 is 2.57 bits per heavy atom. The second-order valence-electron chi connectivity index (χ2n) is 7.04. The van der Waals surface area contributed by atoms with Gasteiger partial charge in [-0.15, -0.1) is 10.2 Å². The molecule has 2 aromatic heterocycles. The van der Waals surface area contributed by atoms with E-state index < -0.39 is 0 Å². The molecule has 1 atom stereocenters. The van der Waals surface area contributed by atoms with Crippen LogP contribution in [-0.2, 0) is 9.59 Å². The molecule has 0 bridgehead atoms. The van der Waals surface area contributed by atoms with Crippen molar-refractivity contribution in [1.29, 1.82) is 0 Å². The van der Waals surface area contributed by atoms with Crippen molar-refractivity contribution in [3.63, 3.8) is 0 Å². The molecule has 2 fully saturated rings. The second kappa shape index (κ2) is 7.79. The highest BCUT2D eigenvalue weighted by Gasteiger charge is 2.32. The Morgan fingerprint density at radius 1 is 1.11 bits per heavy atom. The van der Waals surface area contributed by atoms with Gasteiger partial charge >= 0.3 is 0 Å². The molecule has 2 aromatic rings. The zero-order valence-corrected chi connectivity index (χ0v) is 15.8. The largest absolute Gasteiger partial charge is 0.352 e. The van der Waals surface area contributed by atoms with Gasteiger partial charge in [0, 0.05) is 38.3 Å². The van der Waals surface area contributed by atoms with E-state index in [9.17, 15) is 9.59 Å². The molecule has 0 saturated carbocycles. The molecule has 0 radical (unpaired) electrons. The molecule has 28 heavy (non-hydrogen) atoms. The first-order valence-electron chi connectivity index (χ1n) is 9.46. The molecular formula is C19H23N7O2. The SMILES string of the molecule is Cc1cccc(Nc2ccc(N3CCN(C(=O)[C@H]4CCC(=O)N4)CC3)nn2)n1. The van der Waals surface area contributed by atoms with E-state index in [1.54, 1.807) is 0 Å². The highest BCUT2D eigenvalue weighted by Crippen LogP contribution is 2.18. The van der Waals surface area contributed by atoms with Crippen molar-refractivity contribution in [1.82, 2.24) is 25.4 Å². The smallest absolute Gasteiger partial charge is 0.245 e. The highest BCUT2D eigenvalue weighted by molar-refractivity contribution is 5.90. The molecule has 2 aliphatic heterocycles. The van der Waals surface area contributed by atoms with Gasteiger partial charge in [-0.1, -0.05) is 6.07 Å². The third-order valence-electron chi connectivity index (χ3n) is 5.00. The quantitative estimate of drug-likeness (QED) is 0.809. The van der Waals surface area contributed by atoms with Crippen LogP contribution >= 0.6 is 0 Å². The summed E-state index contributed by atoms with van der Waals surface area (Å²) in [6, 6.07) is 9.18. The summed E-state index contributed by atoms with van der Waals surface area (Å²) < 4.78 is 0. The van der Waals surface area contributed by atoms with E-state index in [-0.39, 0.29) is 17.9 Å². The Balaban J connectivity index is 1.32. The van der Waals surface area contributed by atoms with Crippen molar-refractivity contribution < 1.29 is 9.59 Å². The average Bonchev–Trinajstić information content (AvgIpc) is 3.15. The van der Waals surface area contributed by atoms with Crippen LogP contribution in [-0.4, -0.2) is 64.1 Å². The lowest BCUT2D eigenvalue weighted by atomic mass is 10.2. The van der Waals surface area contributed by atoms with Gasteiger partial charge in [-0.3, -0.25) is 9.59 Å². The maximum Gasteiger partial charge on any atom is 0.245 e. The summed E-state index contributed by atoms with van der Waals surface area (Å²) in [6.45, 7) is 4.53. The Hall–Kier alpha value is -3.23. The fraction of sp³-hybridized carbons (Fsp3) is 0.421. The molecule has 9 heteroatoms. The van der Waals surface area contributed by atoms with Gasteiger partial charge in [-0.05, 0) is 37.6 Å². The number of hydrogen-bond acceptors (Lipinski definition) is 7. The number of nitrogens with zero attached hydrogens (tertiary/aromatic N) is 5. The van der Waals surface area contributed by atoms with Gasteiger partial charge in [-0.25, -0.2) is 4.98 Å². The van der Waals surface area contributed by atoms with E-state index in [4.69, 9.17) is 0 Å². The fourth-order valence-electron chi connectivity index (χ4n) is 3.48. The van der Waals surface area contributed by atoms with E-state index in [1.165, 1.54) is 0 Å². The standard InChI is InChI=1S/C19H23N7O2/c1-13-3-2-4-15(20-13)22-16-6-7-17(24-23-16)25-9-11-26(12-10-25)19(28)14-5-8-18(27)21-14/h2-4,6-7,14H,5,8-12H2,1H3,(H,21,27)(H,20,22,23)/t14-/m1/s1. The van der Waals surface area contributed by atoms with Gasteiger partial charge in [0.1, 0.15) is 11.9 Å². The number of amides is 2. The van der Waals surface area contributed by atoms with Crippen LogP contribution in [0.25, 0.3) is 0 Å². The van der Waals surface area contributed by atoms with E-state index in [0.29, 0.717) is 44.8 Å². The molecule has 0 unspecified atom stereocenters. The van der Waals surface area contributed by atoms with Crippen LogP contribution in [0, 0.1) is 6.92 Å². The van der Waals surface area contributed by atoms with E-state index in [2.05, 4.69) is 30.7 Å². The van der Waals surface area contributed by atoms with Gasteiger partial charge in [0.05, 0.1) is 0 Å². The first kappa shape index (κ1) is 18.1. The monoisotopic (exact) mass is 381 g/mol. The van der Waals surface area contributed by atoms with Crippen LogP contribution in [0.15, 0.2) is 30.3 Å². The molecule has 2 saturated heterocycles. The molecule has 0 aliphatic carbocycles. The summed E-state index contributed by atoms with van der Waals surface area (Å²) in [7, 11) is 0. The van der Waals surface area contributed by atoms with Crippen molar-refractivity contribution in [3.05, 3.63) is 36.0 Å². The van der Waals surface area contributed by atoms with Crippen molar-refractivity contribution >= 4 is 29.3 Å². The number of piperazine rings is 1.